The summed E-state index contributed by atoms with van der Waals surface area (Å²) in [6.07, 6.45) is 15.2. The summed E-state index contributed by atoms with van der Waals surface area (Å²) in [6, 6.07) is 9.65. The Balaban J connectivity index is 1.81. The van der Waals surface area contributed by atoms with Crippen LogP contribution in [0.15, 0.2) is 84.6 Å². The van der Waals surface area contributed by atoms with Crippen molar-refractivity contribution >= 4 is 5.69 Å². The highest BCUT2D eigenvalue weighted by atomic mass is 16.5. The van der Waals surface area contributed by atoms with Gasteiger partial charge in [-0.2, -0.15) is 0 Å². The zero-order valence-corrected chi connectivity index (χ0v) is 16.6. The smallest absolute Gasteiger partial charge is 0.146 e. The normalized spacial score (nSPS) is 13.7. The van der Waals surface area contributed by atoms with E-state index in [2.05, 4.69) is 21.9 Å². The van der Waals surface area contributed by atoms with Crippen molar-refractivity contribution in [2.24, 2.45) is 5.73 Å². The monoisotopic (exact) mass is 389 g/mol. The van der Waals surface area contributed by atoms with E-state index in [0.717, 1.165) is 35.4 Å². The van der Waals surface area contributed by atoms with Crippen LogP contribution in [0.3, 0.4) is 0 Å². The first-order valence-electron chi connectivity index (χ1n) is 9.62. The number of aromatic nitrogens is 1. The van der Waals surface area contributed by atoms with Gasteiger partial charge in [0, 0.05) is 59.4 Å². The molecule has 1 aromatic heterocycles. The van der Waals surface area contributed by atoms with Crippen LogP contribution in [0.4, 0.5) is 5.69 Å². The average Bonchev–Trinajstić information content (AvgIpc) is 2.73. The third-order valence-electron chi connectivity index (χ3n) is 4.31. The number of anilines is 1. The fourth-order valence-electron chi connectivity index (χ4n) is 2.87. The van der Waals surface area contributed by atoms with E-state index in [1.165, 1.54) is 0 Å². The van der Waals surface area contributed by atoms with E-state index in [-0.39, 0.29) is 0 Å². The van der Waals surface area contributed by atoms with Crippen molar-refractivity contribution in [1.82, 2.24) is 15.8 Å². The molecule has 0 spiro atoms. The van der Waals surface area contributed by atoms with Crippen LogP contribution in [0.1, 0.15) is 19.0 Å². The van der Waals surface area contributed by atoms with Crippen LogP contribution < -0.4 is 27.1 Å². The van der Waals surface area contributed by atoms with Gasteiger partial charge in [-0.05, 0) is 31.7 Å². The molecule has 0 atom stereocenters. The van der Waals surface area contributed by atoms with Crippen molar-refractivity contribution in [3.8, 4) is 16.9 Å². The summed E-state index contributed by atoms with van der Waals surface area (Å²) in [4.78, 5) is 4.49. The van der Waals surface area contributed by atoms with Crippen molar-refractivity contribution in [2.75, 3.05) is 12.3 Å². The predicted molar refractivity (Wildman–Crippen MR) is 118 cm³/mol. The Morgan fingerprint density at radius 1 is 1.17 bits per heavy atom. The number of hydrogen-bond donors (Lipinski definition) is 4. The molecule has 0 saturated carbocycles. The maximum Gasteiger partial charge on any atom is 0.146 e. The number of hydrogen-bond acceptors (Lipinski definition) is 6. The lowest BCUT2D eigenvalue weighted by Gasteiger charge is -2.19. The maximum atomic E-state index is 6.17. The predicted octanol–water partition coefficient (Wildman–Crippen LogP) is 3.57. The number of nitrogens with two attached hydrogens (primary N) is 2. The zero-order chi connectivity index (χ0) is 20.5. The summed E-state index contributed by atoms with van der Waals surface area (Å²) in [7, 11) is 0. The Bertz CT molecular complexity index is 942. The highest BCUT2D eigenvalue weighted by Gasteiger charge is 2.12. The molecule has 3 rings (SSSR count). The number of allylic oxidation sites excluding steroid dienone is 5. The highest BCUT2D eigenvalue weighted by molar-refractivity contribution is 5.72. The minimum absolute atomic E-state index is 0.580. The van der Waals surface area contributed by atoms with Crippen molar-refractivity contribution in [2.45, 2.75) is 19.8 Å². The summed E-state index contributed by atoms with van der Waals surface area (Å²) in [6.45, 7) is 2.57. The summed E-state index contributed by atoms with van der Waals surface area (Å²) in [5.74, 6) is 1.37. The van der Waals surface area contributed by atoms with Gasteiger partial charge in [0.2, 0.25) is 0 Å². The standard InChI is InChI=1S/C23H27N5O/c1-2-3-4-5-6-20-14-21(16-27-28-20)29-23-13-18(25)8-10-22(23)17-7-9-19(11-12-24)26-15-17/h2-5,7-10,13-16,27-28H,6,11-12,24-25H2,1H3/b3-2-,5-4-. The van der Waals surface area contributed by atoms with Gasteiger partial charge in [0.05, 0.1) is 6.20 Å². The molecule has 1 aromatic carbocycles. The van der Waals surface area contributed by atoms with Crippen LogP contribution in [0.25, 0.3) is 11.1 Å². The quantitative estimate of drug-likeness (QED) is 0.407. The van der Waals surface area contributed by atoms with E-state index in [1.54, 1.807) is 6.20 Å². The van der Waals surface area contributed by atoms with Gasteiger partial charge in [0.1, 0.15) is 11.5 Å². The Labute approximate surface area is 171 Å². The third kappa shape index (κ3) is 5.73. The minimum atomic E-state index is 0.580. The van der Waals surface area contributed by atoms with E-state index in [4.69, 9.17) is 16.2 Å². The van der Waals surface area contributed by atoms with Crippen molar-refractivity contribution in [1.29, 1.82) is 0 Å². The van der Waals surface area contributed by atoms with Gasteiger partial charge in [-0.15, -0.1) is 0 Å². The molecule has 2 aromatic rings. The molecule has 6 heteroatoms. The minimum Gasteiger partial charge on any atom is -0.455 e. The van der Waals surface area contributed by atoms with Gasteiger partial charge in [0.25, 0.3) is 0 Å². The molecule has 0 saturated heterocycles. The van der Waals surface area contributed by atoms with Gasteiger partial charge < -0.3 is 27.1 Å². The van der Waals surface area contributed by atoms with E-state index in [9.17, 15) is 0 Å². The zero-order valence-electron chi connectivity index (χ0n) is 16.6. The molecule has 6 N–H and O–H groups in total. The van der Waals surface area contributed by atoms with Crippen molar-refractivity contribution in [3.05, 3.63) is 90.3 Å². The molecule has 0 radical (unpaired) electrons. The molecule has 0 unspecified atom stereocenters. The topological polar surface area (TPSA) is 98.2 Å². The van der Waals surface area contributed by atoms with E-state index < -0.39 is 0 Å². The average molecular weight is 390 g/mol. The molecule has 0 fully saturated rings. The molecule has 150 valence electrons. The van der Waals surface area contributed by atoms with Crippen LogP contribution in [0, 0.1) is 0 Å². The summed E-state index contributed by atoms with van der Waals surface area (Å²) < 4.78 is 6.17. The van der Waals surface area contributed by atoms with Crippen molar-refractivity contribution in [3.63, 3.8) is 0 Å². The van der Waals surface area contributed by atoms with Gasteiger partial charge in [-0.1, -0.05) is 30.4 Å². The number of nitrogen functional groups attached to an aromatic ring is 1. The number of rotatable bonds is 8. The lowest BCUT2D eigenvalue weighted by Crippen LogP contribution is -2.30. The second kappa shape index (κ2) is 10.1. The van der Waals surface area contributed by atoms with Gasteiger partial charge >= 0.3 is 0 Å². The number of benzene rings is 1. The van der Waals surface area contributed by atoms with Crippen LogP contribution in [-0.4, -0.2) is 11.5 Å². The molecule has 1 aliphatic heterocycles. The molecule has 0 amide bonds. The number of pyridine rings is 1. The second-order valence-electron chi connectivity index (χ2n) is 6.58. The first kappa shape index (κ1) is 20.2. The highest BCUT2D eigenvalue weighted by Crippen LogP contribution is 2.33. The van der Waals surface area contributed by atoms with E-state index >= 15 is 0 Å². The fourth-order valence-corrected chi connectivity index (χ4v) is 2.87. The number of ether oxygens (including phenoxy) is 1. The SMILES string of the molecule is C/C=C\C=C/CC1=CC(Oc2cc(N)ccc2-c2ccc(CCN)nc2)=CNN1. The second-order valence-corrected chi connectivity index (χ2v) is 6.58. The molecule has 29 heavy (non-hydrogen) atoms. The lowest BCUT2D eigenvalue weighted by molar-refractivity contribution is 0.431. The Morgan fingerprint density at radius 2 is 2.07 bits per heavy atom. The summed E-state index contributed by atoms with van der Waals surface area (Å²) in [5.41, 5.74) is 22.3. The first-order chi connectivity index (χ1) is 14.2. The molecule has 0 aliphatic carbocycles. The molecular formula is C23H27N5O. The van der Waals surface area contributed by atoms with E-state index in [0.29, 0.717) is 23.7 Å². The largest absolute Gasteiger partial charge is 0.455 e. The van der Waals surface area contributed by atoms with Crippen LogP contribution in [0.5, 0.6) is 5.75 Å². The van der Waals surface area contributed by atoms with Crippen molar-refractivity contribution < 1.29 is 4.74 Å². The Kier molecular flexibility index (Phi) is 7.08. The van der Waals surface area contributed by atoms with Gasteiger partial charge in [-0.25, -0.2) is 0 Å². The Hall–Kier alpha value is -3.51. The van der Waals surface area contributed by atoms with Crippen LogP contribution in [0.2, 0.25) is 0 Å². The Morgan fingerprint density at radius 3 is 2.83 bits per heavy atom. The third-order valence-corrected chi connectivity index (χ3v) is 4.31. The molecule has 2 heterocycles. The molecule has 0 bridgehead atoms. The lowest BCUT2D eigenvalue weighted by atomic mass is 10.1. The fraction of sp³-hybridized carbons (Fsp3) is 0.174. The number of nitrogens with one attached hydrogen (secondary N) is 2. The number of nitrogens with zero attached hydrogens (tertiary/aromatic N) is 1. The first-order valence-corrected chi connectivity index (χ1v) is 9.62. The number of hydrazine groups is 1. The van der Waals surface area contributed by atoms with Crippen LogP contribution in [-0.2, 0) is 6.42 Å². The van der Waals surface area contributed by atoms with E-state index in [1.807, 2.05) is 67.8 Å². The summed E-state index contributed by atoms with van der Waals surface area (Å²) in [5, 5.41) is 0. The molecular weight excluding hydrogens is 362 g/mol. The summed E-state index contributed by atoms with van der Waals surface area (Å²) >= 11 is 0. The molecule has 6 nitrogen and oxygen atoms in total. The van der Waals surface area contributed by atoms with Gasteiger partial charge in [-0.3, -0.25) is 4.98 Å². The van der Waals surface area contributed by atoms with Crippen LogP contribution >= 0.6 is 0 Å². The maximum absolute atomic E-state index is 6.17. The molecule has 1 aliphatic rings. The van der Waals surface area contributed by atoms with Gasteiger partial charge in [0.15, 0.2) is 0 Å².